The highest BCUT2D eigenvalue weighted by Crippen LogP contribution is 2.33. The normalized spacial score (nSPS) is 10.4. The van der Waals surface area contributed by atoms with E-state index in [2.05, 4.69) is 66.8 Å². The van der Waals surface area contributed by atoms with E-state index in [4.69, 9.17) is 31.2 Å². The van der Waals surface area contributed by atoms with E-state index in [1.54, 1.807) is 39.0 Å². The second kappa shape index (κ2) is 22.5. The number of aliphatic hydroxyl groups excluding tert-OH is 1. The lowest BCUT2D eigenvalue weighted by Crippen LogP contribution is -2.32. The molecule has 6 N–H and O–H groups in total. The van der Waals surface area contributed by atoms with Gasteiger partial charge in [-0.25, -0.2) is 34.9 Å². The third-order valence-corrected chi connectivity index (χ3v) is 8.24. The van der Waals surface area contributed by atoms with Crippen molar-refractivity contribution in [3.63, 3.8) is 0 Å². The van der Waals surface area contributed by atoms with Gasteiger partial charge in [-0.3, -0.25) is 0 Å². The fourth-order valence-electron chi connectivity index (χ4n) is 4.79. The molecule has 15 heteroatoms. The lowest BCUT2D eigenvalue weighted by Gasteiger charge is -2.31. The number of halogens is 2. The maximum absolute atomic E-state index is 8.55. The van der Waals surface area contributed by atoms with Crippen LogP contribution in [-0.2, 0) is 15.3 Å². The number of aliphatic hydroxyl groups is 2. The van der Waals surface area contributed by atoms with Gasteiger partial charge < -0.3 is 31.2 Å². The fourth-order valence-corrected chi connectivity index (χ4v) is 5.20. The molecule has 13 nitrogen and oxygen atoms in total. The first-order valence-electron chi connectivity index (χ1n) is 16.7. The average Bonchev–Trinajstić information content (AvgIpc) is 3.25. The number of ether oxygens (including phenoxy) is 2. The summed E-state index contributed by atoms with van der Waals surface area (Å²) in [5.74, 6) is 0.0289. The van der Waals surface area contributed by atoms with Gasteiger partial charge in [-0.2, -0.15) is 0 Å². The molecule has 3 aromatic heterocycles. The van der Waals surface area contributed by atoms with Crippen LogP contribution in [0.15, 0.2) is 172 Å². The van der Waals surface area contributed by atoms with Crippen LogP contribution in [0.4, 0.5) is 17.8 Å². The van der Waals surface area contributed by atoms with Crippen molar-refractivity contribution in [2.45, 2.75) is 12.1 Å². The van der Waals surface area contributed by atoms with E-state index in [9.17, 15) is 0 Å². The second-order valence-corrected chi connectivity index (χ2v) is 13.0. The number of nitrogens with two attached hydrogens (primary N) is 2. The number of rotatable bonds is 8. The van der Waals surface area contributed by atoms with E-state index in [1.165, 1.54) is 12.4 Å². The third-order valence-electron chi connectivity index (χ3n) is 7.43. The maximum Gasteiger partial charge on any atom is 0.249 e. The van der Waals surface area contributed by atoms with Gasteiger partial charge in [-0.1, -0.05) is 121 Å². The minimum atomic E-state index is -1.53. The number of hydrogen-bond donors (Lipinski definition) is 4. The number of nitrogen functional groups attached to an aromatic ring is 2. The van der Waals surface area contributed by atoms with Gasteiger partial charge >= 0.3 is 0 Å². The van der Waals surface area contributed by atoms with Gasteiger partial charge in [0.05, 0.1) is 14.7 Å². The van der Waals surface area contributed by atoms with E-state index in [1.807, 2.05) is 121 Å². The van der Waals surface area contributed by atoms with Crippen molar-refractivity contribution in [1.29, 1.82) is 0 Å². The molecule has 0 radical (unpaired) electrons. The number of aromatic nitrogens is 6. The standard InChI is InChI=1S/C17H12BrN3.C15H16O2.C5H7N3O2.C4H4BrN3/c18-15-11-19-17(20-12-15)21-16(13-7-3-1-4-8-13)14-9-5-2-6-10-14;1-16-15(17-2,13-9-5-3-6-10-13)14-11-7-4-8-12-14;6-5-7-1-3(2-8-5)4(9)10;5-3-1-7-4(6)8-2-3/h1-12H;3-12H,1-2H3;1-2,4,9-10H,(H2,6,7,8);1-2H,(H2,6,7,8). The molecule has 0 aliphatic heterocycles. The highest BCUT2D eigenvalue weighted by molar-refractivity contribution is 9.10. The van der Waals surface area contributed by atoms with E-state index in [-0.39, 0.29) is 11.5 Å². The molecule has 0 spiro atoms. The molecule has 0 saturated heterocycles. The molecule has 0 fully saturated rings. The lowest BCUT2D eigenvalue weighted by atomic mass is 9.97. The molecule has 4 aromatic carbocycles. The SMILES string of the molecule is Brc1cnc(N=C(c2ccccc2)c2ccccc2)nc1.COC(OC)(c1ccccc1)c1ccccc1.Nc1ncc(Br)cn1.Nc1ncc(C(O)O)cn1. The zero-order valence-corrected chi connectivity index (χ0v) is 33.5. The molecule has 0 atom stereocenters. The Hall–Kier alpha value is -5.81. The van der Waals surface area contributed by atoms with Crippen LogP contribution in [-0.4, -0.2) is 60.0 Å². The molecule has 7 rings (SSSR count). The highest BCUT2D eigenvalue weighted by atomic mass is 79.9. The van der Waals surface area contributed by atoms with Gasteiger partial charge in [0.1, 0.15) is 0 Å². The molecule has 0 aliphatic rings. The van der Waals surface area contributed by atoms with Crippen LogP contribution in [0.25, 0.3) is 0 Å². The number of anilines is 2. The minimum absolute atomic E-state index is 0.115. The van der Waals surface area contributed by atoms with Crippen molar-refractivity contribution in [3.05, 3.63) is 195 Å². The first kappa shape index (κ1) is 42.9. The summed E-state index contributed by atoms with van der Waals surface area (Å²) in [4.78, 5) is 27.6. The summed E-state index contributed by atoms with van der Waals surface area (Å²) in [5, 5.41) is 17.1. The van der Waals surface area contributed by atoms with Gasteiger partial charge in [-0.05, 0) is 31.9 Å². The van der Waals surface area contributed by atoms with Crippen LogP contribution in [0.5, 0.6) is 0 Å². The Morgan fingerprint density at radius 3 is 1.23 bits per heavy atom. The van der Waals surface area contributed by atoms with Gasteiger partial charge in [0, 0.05) is 79.2 Å². The molecule has 56 heavy (non-hydrogen) atoms. The number of methoxy groups -OCH3 is 2. The van der Waals surface area contributed by atoms with Crippen LogP contribution >= 0.6 is 31.9 Å². The molecule has 0 bridgehead atoms. The summed E-state index contributed by atoms with van der Waals surface area (Å²) in [5.41, 5.74) is 15.5. The van der Waals surface area contributed by atoms with Crippen LogP contribution < -0.4 is 11.5 Å². The van der Waals surface area contributed by atoms with Crippen molar-refractivity contribution >= 4 is 55.4 Å². The van der Waals surface area contributed by atoms with Gasteiger partial charge in [-0.15, -0.1) is 0 Å². The Balaban J connectivity index is 0.000000177. The van der Waals surface area contributed by atoms with E-state index < -0.39 is 12.1 Å². The highest BCUT2D eigenvalue weighted by Gasteiger charge is 2.34. The van der Waals surface area contributed by atoms with Crippen molar-refractivity contribution < 1.29 is 19.7 Å². The Morgan fingerprint density at radius 2 is 0.893 bits per heavy atom. The van der Waals surface area contributed by atoms with Crippen LogP contribution in [0.2, 0.25) is 0 Å². The molecular formula is C41H39Br2N9O4. The molecule has 7 aromatic rings. The fraction of sp³-hybridized carbons (Fsp3) is 0.0976. The minimum Gasteiger partial charge on any atom is -0.368 e. The number of benzene rings is 4. The van der Waals surface area contributed by atoms with E-state index in [0.717, 1.165) is 36.9 Å². The molecule has 0 saturated carbocycles. The summed E-state index contributed by atoms with van der Waals surface area (Å²) in [6.45, 7) is 0. The molecule has 0 aliphatic carbocycles. The Bertz CT molecular complexity index is 2060. The number of aliphatic imine (C=N–C) groups is 1. The number of hydrogen-bond acceptors (Lipinski definition) is 13. The summed E-state index contributed by atoms with van der Waals surface area (Å²) in [7, 11) is 3.31. The lowest BCUT2D eigenvalue weighted by molar-refractivity contribution is -0.183. The van der Waals surface area contributed by atoms with Crippen LogP contribution in [0, 0.1) is 0 Å². The quantitative estimate of drug-likeness (QED) is 0.0869. The van der Waals surface area contributed by atoms with Crippen molar-refractivity contribution in [3.8, 4) is 0 Å². The predicted molar refractivity (Wildman–Crippen MR) is 223 cm³/mol. The van der Waals surface area contributed by atoms with Crippen molar-refractivity contribution in [1.82, 2.24) is 29.9 Å². The number of nitrogens with zero attached hydrogens (tertiary/aromatic N) is 7. The third kappa shape index (κ3) is 13.2. The largest absolute Gasteiger partial charge is 0.368 e. The van der Waals surface area contributed by atoms with E-state index >= 15 is 0 Å². The van der Waals surface area contributed by atoms with Crippen molar-refractivity contribution in [2.24, 2.45) is 4.99 Å². The van der Waals surface area contributed by atoms with Crippen LogP contribution in [0.1, 0.15) is 34.1 Å². The zero-order chi connectivity index (χ0) is 40.2. The van der Waals surface area contributed by atoms with Gasteiger partial charge in [0.25, 0.3) is 0 Å². The topological polar surface area (TPSA) is 201 Å². The summed E-state index contributed by atoms with van der Waals surface area (Å²) >= 11 is 6.49. The second-order valence-electron chi connectivity index (χ2n) is 11.2. The van der Waals surface area contributed by atoms with Gasteiger partial charge in [0.2, 0.25) is 23.6 Å². The molecule has 286 valence electrons. The summed E-state index contributed by atoms with van der Waals surface area (Å²) < 4.78 is 12.9. The summed E-state index contributed by atoms with van der Waals surface area (Å²) in [6, 6.07) is 40.0. The summed E-state index contributed by atoms with van der Waals surface area (Å²) in [6.07, 6.45) is 7.57. The van der Waals surface area contributed by atoms with E-state index in [0.29, 0.717) is 11.9 Å². The molecule has 0 unspecified atom stereocenters. The average molecular weight is 882 g/mol. The van der Waals surface area contributed by atoms with Crippen molar-refractivity contribution in [2.75, 3.05) is 25.7 Å². The maximum atomic E-state index is 8.55. The molecular weight excluding hydrogens is 842 g/mol. The van der Waals surface area contributed by atoms with Crippen LogP contribution in [0.3, 0.4) is 0 Å². The monoisotopic (exact) mass is 879 g/mol. The zero-order valence-electron chi connectivity index (χ0n) is 30.3. The molecule has 3 heterocycles. The molecule has 0 amide bonds. The Labute approximate surface area is 341 Å². The predicted octanol–water partition coefficient (Wildman–Crippen LogP) is 7.45. The Morgan fingerprint density at radius 1 is 0.554 bits per heavy atom. The Kier molecular flexibility index (Phi) is 17.3. The van der Waals surface area contributed by atoms with Gasteiger partial charge in [0.15, 0.2) is 6.29 Å². The first-order valence-corrected chi connectivity index (χ1v) is 18.3. The first-order chi connectivity index (χ1) is 27.1. The smallest absolute Gasteiger partial charge is 0.249 e.